The van der Waals surface area contributed by atoms with Crippen LogP contribution < -0.4 is 10.6 Å². The van der Waals surface area contributed by atoms with E-state index >= 15 is 0 Å². The Kier molecular flexibility index (Phi) is 7.30. The van der Waals surface area contributed by atoms with Gasteiger partial charge in [-0.3, -0.25) is 9.59 Å². The second-order valence-corrected chi connectivity index (χ2v) is 9.74. The van der Waals surface area contributed by atoms with E-state index in [1.807, 2.05) is 84.0 Å². The minimum Gasteiger partial charge on any atom is -0.326 e. The molecule has 2 amide bonds. The van der Waals surface area contributed by atoms with E-state index in [2.05, 4.69) is 10.6 Å². The summed E-state index contributed by atoms with van der Waals surface area (Å²) in [6.45, 7) is 12.0. The van der Waals surface area contributed by atoms with Crippen molar-refractivity contribution < 1.29 is 9.59 Å². The Bertz CT molecular complexity index is 836. The first kappa shape index (κ1) is 22.0. The van der Waals surface area contributed by atoms with E-state index < -0.39 is 0 Å². The second-order valence-electron chi connectivity index (χ2n) is 8.33. The number of rotatable bonds is 6. The number of aryl methyl sites for hydroxylation is 2. The topological polar surface area (TPSA) is 58.2 Å². The van der Waals surface area contributed by atoms with Crippen molar-refractivity contribution in [2.24, 2.45) is 5.41 Å². The maximum absolute atomic E-state index is 12.6. The van der Waals surface area contributed by atoms with Crippen LogP contribution in [0.4, 0.5) is 11.4 Å². The highest BCUT2D eigenvalue weighted by atomic mass is 32.2. The molecule has 2 rings (SSSR count). The Labute approximate surface area is 172 Å². The van der Waals surface area contributed by atoms with Crippen LogP contribution in [0, 0.1) is 19.3 Å². The molecule has 0 saturated carbocycles. The number of amides is 2. The monoisotopic (exact) mass is 398 g/mol. The zero-order valence-electron chi connectivity index (χ0n) is 17.6. The molecule has 0 heterocycles. The lowest BCUT2D eigenvalue weighted by Crippen LogP contribution is -2.23. The van der Waals surface area contributed by atoms with Crippen molar-refractivity contribution in [1.29, 1.82) is 0 Å². The van der Waals surface area contributed by atoms with Gasteiger partial charge in [-0.15, -0.1) is 11.8 Å². The molecule has 1 atom stereocenters. The highest BCUT2D eigenvalue weighted by molar-refractivity contribution is 8.00. The molecule has 0 aromatic heterocycles. The van der Waals surface area contributed by atoms with Crippen LogP contribution in [0.3, 0.4) is 0 Å². The van der Waals surface area contributed by atoms with Crippen LogP contribution in [0.15, 0.2) is 47.4 Å². The van der Waals surface area contributed by atoms with Crippen molar-refractivity contribution in [1.82, 2.24) is 0 Å². The third kappa shape index (κ3) is 6.71. The number of anilines is 2. The lowest BCUT2D eigenvalue weighted by molar-refractivity contribution is -0.118. The SMILES string of the molecule is Cc1cccc(C)c1NC(=O)C(C)Sc1cccc(NC(=O)CC(C)(C)C)c1. The van der Waals surface area contributed by atoms with Gasteiger partial charge in [0.15, 0.2) is 0 Å². The second kappa shape index (κ2) is 9.28. The summed E-state index contributed by atoms with van der Waals surface area (Å²) in [5.74, 6) is -0.0416. The van der Waals surface area contributed by atoms with Gasteiger partial charge in [-0.2, -0.15) is 0 Å². The van der Waals surface area contributed by atoms with Crippen LogP contribution in [0.5, 0.6) is 0 Å². The number of hydrogen-bond acceptors (Lipinski definition) is 3. The summed E-state index contributed by atoms with van der Waals surface area (Å²) in [7, 11) is 0. The van der Waals surface area contributed by atoms with E-state index in [0.29, 0.717) is 6.42 Å². The van der Waals surface area contributed by atoms with Gasteiger partial charge in [0, 0.05) is 22.7 Å². The van der Waals surface area contributed by atoms with Crippen LogP contribution in [0.1, 0.15) is 45.2 Å². The Hall–Kier alpha value is -2.27. The van der Waals surface area contributed by atoms with Crippen molar-refractivity contribution >= 4 is 35.0 Å². The average molecular weight is 399 g/mol. The van der Waals surface area contributed by atoms with E-state index in [0.717, 1.165) is 27.4 Å². The van der Waals surface area contributed by atoms with Gasteiger partial charge >= 0.3 is 0 Å². The molecular weight excluding hydrogens is 368 g/mol. The maximum Gasteiger partial charge on any atom is 0.237 e. The third-order valence-corrected chi connectivity index (χ3v) is 5.31. The fourth-order valence-corrected chi connectivity index (χ4v) is 3.75. The van der Waals surface area contributed by atoms with Crippen molar-refractivity contribution in [3.05, 3.63) is 53.6 Å². The van der Waals surface area contributed by atoms with E-state index in [1.165, 1.54) is 11.8 Å². The number of para-hydroxylation sites is 1. The molecule has 150 valence electrons. The molecule has 1 unspecified atom stereocenters. The number of carbonyl (C=O) groups excluding carboxylic acids is 2. The van der Waals surface area contributed by atoms with Crippen LogP contribution in [-0.4, -0.2) is 17.1 Å². The third-order valence-electron chi connectivity index (χ3n) is 4.22. The zero-order valence-corrected chi connectivity index (χ0v) is 18.4. The molecule has 0 bridgehead atoms. The molecular formula is C23H30N2O2S. The lowest BCUT2D eigenvalue weighted by Gasteiger charge is -2.18. The summed E-state index contributed by atoms with van der Waals surface area (Å²) >= 11 is 1.47. The van der Waals surface area contributed by atoms with E-state index in [1.54, 1.807) is 0 Å². The predicted octanol–water partition coefficient (Wildman–Crippen LogP) is 5.80. The van der Waals surface area contributed by atoms with Gasteiger partial charge in [-0.05, 0) is 55.5 Å². The van der Waals surface area contributed by atoms with Gasteiger partial charge in [-0.25, -0.2) is 0 Å². The van der Waals surface area contributed by atoms with Crippen molar-refractivity contribution in [2.45, 2.75) is 58.1 Å². The largest absolute Gasteiger partial charge is 0.326 e. The van der Waals surface area contributed by atoms with E-state index in [4.69, 9.17) is 0 Å². The van der Waals surface area contributed by atoms with Gasteiger partial charge in [0.2, 0.25) is 11.8 Å². The summed E-state index contributed by atoms with van der Waals surface area (Å²) in [4.78, 5) is 25.7. The van der Waals surface area contributed by atoms with Crippen LogP contribution in [0.2, 0.25) is 0 Å². The van der Waals surface area contributed by atoms with Crippen molar-refractivity contribution in [3.63, 3.8) is 0 Å². The van der Waals surface area contributed by atoms with Crippen molar-refractivity contribution in [3.8, 4) is 0 Å². The standard InChI is InChI=1S/C23H30N2O2S/c1-15-9-7-10-16(2)21(15)25-22(27)17(3)28-19-12-8-11-18(13-19)24-20(26)14-23(4,5)6/h7-13,17H,14H2,1-6H3,(H,24,26)(H,25,27). The quantitative estimate of drug-likeness (QED) is 0.605. The van der Waals surface area contributed by atoms with Crippen molar-refractivity contribution in [2.75, 3.05) is 10.6 Å². The minimum absolute atomic E-state index is 0.00419. The molecule has 0 spiro atoms. The average Bonchev–Trinajstić information content (AvgIpc) is 2.56. The van der Waals surface area contributed by atoms with Gasteiger partial charge < -0.3 is 10.6 Å². The molecule has 4 nitrogen and oxygen atoms in total. The number of benzene rings is 2. The Morgan fingerprint density at radius 1 is 1.00 bits per heavy atom. The lowest BCUT2D eigenvalue weighted by atomic mass is 9.92. The number of hydrogen-bond donors (Lipinski definition) is 2. The molecule has 2 aromatic carbocycles. The maximum atomic E-state index is 12.6. The smallest absolute Gasteiger partial charge is 0.237 e. The molecule has 0 fully saturated rings. The summed E-state index contributed by atoms with van der Waals surface area (Å²) in [6, 6.07) is 13.6. The summed E-state index contributed by atoms with van der Waals surface area (Å²) < 4.78 is 0. The van der Waals surface area contributed by atoms with Gasteiger partial charge in [0.25, 0.3) is 0 Å². The highest BCUT2D eigenvalue weighted by Gasteiger charge is 2.18. The molecule has 0 saturated heterocycles. The Morgan fingerprint density at radius 3 is 2.21 bits per heavy atom. The molecule has 0 aliphatic heterocycles. The number of nitrogens with one attached hydrogen (secondary N) is 2. The molecule has 2 N–H and O–H groups in total. The first-order chi connectivity index (χ1) is 13.0. The summed E-state index contributed by atoms with van der Waals surface area (Å²) in [6.07, 6.45) is 0.457. The molecule has 0 aliphatic rings. The van der Waals surface area contributed by atoms with E-state index in [9.17, 15) is 9.59 Å². The first-order valence-corrected chi connectivity index (χ1v) is 10.4. The molecule has 5 heteroatoms. The Balaban J connectivity index is 2.01. The summed E-state index contributed by atoms with van der Waals surface area (Å²) in [5, 5.41) is 5.72. The zero-order chi connectivity index (χ0) is 20.9. The molecule has 0 radical (unpaired) electrons. The predicted molar refractivity (Wildman–Crippen MR) is 119 cm³/mol. The van der Waals surface area contributed by atoms with Crippen LogP contribution >= 0.6 is 11.8 Å². The highest BCUT2D eigenvalue weighted by Crippen LogP contribution is 2.28. The van der Waals surface area contributed by atoms with Gasteiger partial charge in [-0.1, -0.05) is 45.0 Å². The molecule has 28 heavy (non-hydrogen) atoms. The van der Waals surface area contributed by atoms with Gasteiger partial charge in [0.05, 0.1) is 5.25 Å². The van der Waals surface area contributed by atoms with Crippen LogP contribution in [-0.2, 0) is 9.59 Å². The van der Waals surface area contributed by atoms with Crippen LogP contribution in [0.25, 0.3) is 0 Å². The molecule has 0 aliphatic carbocycles. The molecule has 2 aromatic rings. The normalized spacial score (nSPS) is 12.4. The first-order valence-electron chi connectivity index (χ1n) is 9.49. The summed E-state index contributed by atoms with van der Waals surface area (Å²) in [5.41, 5.74) is 3.67. The fraction of sp³-hybridized carbons (Fsp3) is 0.391. The number of thioether (sulfide) groups is 1. The minimum atomic E-state index is -0.264. The van der Waals surface area contributed by atoms with Gasteiger partial charge in [0.1, 0.15) is 0 Å². The van der Waals surface area contributed by atoms with E-state index in [-0.39, 0.29) is 22.5 Å². The number of carbonyl (C=O) groups is 2. The fourth-order valence-electron chi connectivity index (χ4n) is 2.83. The Morgan fingerprint density at radius 2 is 1.61 bits per heavy atom.